The average Bonchev–Trinajstić information content (AvgIpc) is 0.833. The van der Waals surface area contributed by atoms with Crippen LogP contribution in [0.5, 0.6) is 0 Å². The lowest BCUT2D eigenvalue weighted by Gasteiger charge is -2.45. The van der Waals surface area contributed by atoms with Gasteiger partial charge in [-0.05, 0) is 6.92 Å². The zero-order valence-electron chi connectivity index (χ0n) is 54.9. The molecular formula is C58H99N3O40. The molecule has 0 aromatic heterocycles. The Morgan fingerprint density at radius 2 is 0.663 bits per heavy atom. The minimum absolute atomic E-state index is 0.197. The van der Waals surface area contributed by atoms with Gasteiger partial charge in [0.15, 0.2) is 12.6 Å². The van der Waals surface area contributed by atoms with E-state index < -0.39 is 325 Å². The number of hydrogen-bond acceptors (Lipinski definition) is 39. The van der Waals surface area contributed by atoms with Crippen LogP contribution in [0.4, 0.5) is 0 Å². The van der Waals surface area contributed by atoms with Crippen molar-refractivity contribution in [1.82, 2.24) is 14.7 Å². The van der Waals surface area contributed by atoms with Gasteiger partial charge in [0.2, 0.25) is 0 Å². The average molecular weight is 1480 g/mol. The largest absolute Gasteiger partial charge is 0.480 e. The first-order chi connectivity index (χ1) is 47.8. The number of ether oxygens (including phenoxy) is 12. The van der Waals surface area contributed by atoms with Crippen molar-refractivity contribution in [3.05, 3.63) is 0 Å². The predicted octanol–water partition coefficient (Wildman–Crippen LogP) is -13.6. The van der Waals surface area contributed by atoms with E-state index >= 15 is 0 Å². The zero-order valence-corrected chi connectivity index (χ0v) is 54.9. The van der Waals surface area contributed by atoms with Crippen LogP contribution < -0.4 is 0 Å². The Morgan fingerprint density at radius 1 is 0.327 bits per heavy atom. The van der Waals surface area contributed by atoms with Crippen molar-refractivity contribution in [1.29, 1.82) is 0 Å². The second-order valence-corrected chi connectivity index (χ2v) is 25.7. The van der Waals surface area contributed by atoms with Gasteiger partial charge >= 0.3 is 29.8 Å². The van der Waals surface area contributed by atoms with E-state index in [9.17, 15) is 136 Å². The molecule has 0 aromatic rings. The normalized spacial score (nSPS) is 39.3. The Kier molecular flexibility index (Phi) is 35.1. The number of aliphatic hydroxyl groups is 17. The molecule has 586 valence electrons. The lowest BCUT2D eigenvalue weighted by atomic mass is 9.87. The summed E-state index contributed by atoms with van der Waals surface area (Å²) >= 11 is 0. The molecule has 0 amide bonds. The maximum atomic E-state index is 13.5. The summed E-state index contributed by atoms with van der Waals surface area (Å²) in [7, 11) is 0. The van der Waals surface area contributed by atoms with Gasteiger partial charge in [0, 0.05) is 49.9 Å². The summed E-state index contributed by atoms with van der Waals surface area (Å²) in [6.45, 7) is -10.7. The molecule has 6 saturated heterocycles. The second kappa shape index (κ2) is 41.2. The number of hydrogen-bond donors (Lipinski definition) is 22. The van der Waals surface area contributed by atoms with Crippen LogP contribution in [0.15, 0.2) is 0 Å². The van der Waals surface area contributed by atoms with Gasteiger partial charge in [-0.25, -0.2) is 4.89 Å². The Labute approximate surface area is 575 Å². The Morgan fingerprint density at radius 3 is 1.10 bits per heavy atom. The van der Waals surface area contributed by atoms with Gasteiger partial charge in [-0.15, -0.1) is 0 Å². The zero-order chi connectivity index (χ0) is 74.7. The molecule has 6 fully saturated rings. The lowest BCUT2D eigenvalue weighted by molar-refractivity contribution is -0.312. The number of rotatable bonds is 41. The molecule has 101 heavy (non-hydrogen) atoms. The summed E-state index contributed by atoms with van der Waals surface area (Å²) in [5.41, 5.74) is 0. The third kappa shape index (κ3) is 24.3. The highest BCUT2D eigenvalue weighted by atomic mass is 17.1. The van der Waals surface area contributed by atoms with Gasteiger partial charge in [-0.3, -0.25) is 43.9 Å². The third-order valence-electron chi connectivity index (χ3n) is 18.5. The summed E-state index contributed by atoms with van der Waals surface area (Å²) in [5.74, 6) is -11.4. The van der Waals surface area contributed by atoms with Crippen molar-refractivity contribution in [3.8, 4) is 0 Å². The summed E-state index contributed by atoms with van der Waals surface area (Å²) in [4.78, 5) is 67.4. The minimum atomic E-state index is -1.94. The van der Waals surface area contributed by atoms with Gasteiger partial charge in [0.25, 0.3) is 0 Å². The SMILES string of the molecule is CC1OC(COCC2C(COC(=O)CN(CCN(CCN(CC(=O)O)CC(=O)O)CC(=O)O)CC(=O)O)OC(COCC3C(CO)OC(OCC4OC(COCC5C(COO)OC(COCC6C(CO)OC(O)[C@@H](O)[C@@H]6O)[C@@H](O)[C@@H]5O)[C@@H](O)[C@H](O)C4O)[C@@H](O)[C@@H]3O)[C@@H](O)[C@@H]2O)[C@@H](O)[C@H](O)C1O. The van der Waals surface area contributed by atoms with Crippen molar-refractivity contribution >= 4 is 29.8 Å². The first-order valence-electron chi connectivity index (χ1n) is 32.5. The first kappa shape index (κ1) is 86.0. The van der Waals surface area contributed by atoms with Crippen LogP contribution in [-0.4, -0.2) is 461 Å². The molecule has 6 rings (SSSR count). The highest BCUT2D eigenvalue weighted by Crippen LogP contribution is 2.34. The molecule has 0 bridgehead atoms. The number of carbonyl (C=O) groups is 5. The van der Waals surface area contributed by atoms with Crippen molar-refractivity contribution in [2.45, 2.75) is 166 Å². The van der Waals surface area contributed by atoms with Crippen LogP contribution in [0.1, 0.15) is 6.92 Å². The van der Waals surface area contributed by atoms with E-state index in [-0.39, 0.29) is 32.8 Å². The fraction of sp³-hybridized carbons (Fsp3) is 0.914. The van der Waals surface area contributed by atoms with E-state index in [1.54, 1.807) is 0 Å². The van der Waals surface area contributed by atoms with Crippen molar-refractivity contribution in [2.24, 2.45) is 23.7 Å². The van der Waals surface area contributed by atoms with Crippen LogP contribution in [0.3, 0.4) is 0 Å². The molecule has 30 atom stereocenters. The predicted molar refractivity (Wildman–Crippen MR) is 321 cm³/mol. The summed E-state index contributed by atoms with van der Waals surface area (Å²) in [6, 6.07) is 0. The van der Waals surface area contributed by atoms with E-state index in [2.05, 4.69) is 4.89 Å². The summed E-state index contributed by atoms with van der Waals surface area (Å²) < 4.78 is 68.4. The highest BCUT2D eigenvalue weighted by molar-refractivity contribution is 5.74. The van der Waals surface area contributed by atoms with Gasteiger partial charge in [-0.1, -0.05) is 0 Å². The molecule has 0 spiro atoms. The Bertz CT molecular complexity index is 2490. The molecule has 0 radical (unpaired) electrons. The minimum Gasteiger partial charge on any atom is -0.480 e. The molecule has 0 aliphatic carbocycles. The maximum Gasteiger partial charge on any atom is 0.320 e. The third-order valence-corrected chi connectivity index (χ3v) is 18.5. The molecule has 6 heterocycles. The number of aliphatic hydroxyl groups excluding tert-OH is 17. The number of esters is 1. The molecule has 0 aromatic carbocycles. The van der Waals surface area contributed by atoms with E-state index in [0.29, 0.717) is 0 Å². The van der Waals surface area contributed by atoms with Gasteiger partial charge in [0.1, 0.15) is 105 Å². The Balaban J connectivity index is 1.03. The van der Waals surface area contributed by atoms with Crippen LogP contribution in [0.2, 0.25) is 0 Å². The molecule has 0 saturated carbocycles. The smallest absolute Gasteiger partial charge is 0.320 e. The standard InChI is InChI=1S/C58H99N3O40/c1-24-43(73)53(83)50(80)33(96-24)17-91-15-27-31(21-93-42(72)10-61(9-41(70)71)5-3-59(6-38(64)65)2-4-60(7-39(66)67)8-40(68)69)97-34(48(78)44(27)74)18-90-14-26-30(12-63)101-58(56(86)47(26)77)94-22-37-52(82)54(84)51(81)36(99-37)20-92-16-28-32(23-95-88)98-35(49(79)45(28)75)19-89-13-25-29(11-62)100-57(87)55(85)46(25)76/h24-37,43-58,62-63,73-88H,2-23H2,1H3,(H,64,65)(H,66,67)(H,68,69)(H,70,71)/t24?,25?,26?,27?,28?,29?,30?,31?,32?,33?,34?,35?,36?,37?,43?,44-,45-,46-,47-,48-,49-,50-,51-,52?,53-,54+,55+,56+,57?,58?/m1/s1. The molecule has 18 unspecified atom stereocenters. The lowest BCUT2D eigenvalue weighted by Crippen LogP contribution is -2.61. The first-order valence-corrected chi connectivity index (χ1v) is 32.5. The van der Waals surface area contributed by atoms with Crippen LogP contribution in [-0.2, 0) is 85.7 Å². The van der Waals surface area contributed by atoms with E-state index in [1.165, 1.54) is 11.8 Å². The summed E-state index contributed by atoms with van der Waals surface area (Å²) in [5, 5.41) is 229. The summed E-state index contributed by atoms with van der Waals surface area (Å²) in [6.07, 6.45) is -41.0. The molecule has 43 nitrogen and oxygen atoms in total. The number of aliphatic carboxylic acids is 4. The van der Waals surface area contributed by atoms with E-state index in [1.807, 2.05) is 0 Å². The van der Waals surface area contributed by atoms with Crippen molar-refractivity contribution in [2.75, 3.05) is 145 Å². The molecular weight excluding hydrogens is 1380 g/mol. The van der Waals surface area contributed by atoms with Crippen LogP contribution >= 0.6 is 0 Å². The molecule has 43 heteroatoms. The fourth-order valence-electron chi connectivity index (χ4n) is 12.7. The monoisotopic (exact) mass is 1480 g/mol. The second-order valence-electron chi connectivity index (χ2n) is 25.7. The fourth-order valence-corrected chi connectivity index (χ4v) is 12.7. The van der Waals surface area contributed by atoms with Gasteiger partial charge in [-0.2, -0.15) is 0 Å². The van der Waals surface area contributed by atoms with Crippen LogP contribution in [0.25, 0.3) is 0 Å². The molecule has 6 aliphatic rings. The van der Waals surface area contributed by atoms with Crippen molar-refractivity contribution in [3.63, 3.8) is 0 Å². The highest BCUT2D eigenvalue weighted by Gasteiger charge is 2.52. The maximum absolute atomic E-state index is 13.5. The van der Waals surface area contributed by atoms with E-state index in [4.69, 9.17) is 56.8 Å². The Hall–Kier alpha value is -3.97. The van der Waals surface area contributed by atoms with Gasteiger partial charge < -0.3 is 164 Å². The van der Waals surface area contributed by atoms with Gasteiger partial charge in [0.05, 0.1) is 160 Å². The number of carboxylic acids is 4. The number of nitrogens with zero attached hydrogens (tertiary/aromatic N) is 3. The van der Waals surface area contributed by atoms with Crippen LogP contribution in [0, 0.1) is 23.7 Å². The number of carbonyl (C=O) groups excluding carboxylic acids is 1. The topological polar surface area (TPSA) is 660 Å². The number of carboxylic acid groups (broad SMARTS) is 4. The molecule has 22 N–H and O–H groups in total. The molecule has 6 aliphatic heterocycles. The quantitative estimate of drug-likeness (QED) is 0.0154. The van der Waals surface area contributed by atoms with Crippen molar-refractivity contribution < 1.29 is 198 Å². The van der Waals surface area contributed by atoms with E-state index in [0.717, 1.165) is 9.80 Å².